The summed E-state index contributed by atoms with van der Waals surface area (Å²) in [5.41, 5.74) is 0. The minimum absolute atomic E-state index is 0.414. The molecule has 10 heavy (non-hydrogen) atoms. The standard InChI is InChI=1S/C6H3IOS2/c7-4-1-3-2-5(8)10-6(3)9-4/h1-2,8H. The average molecular weight is 282 g/mol. The van der Waals surface area contributed by atoms with Crippen LogP contribution in [0, 0.1) is 2.88 Å². The van der Waals surface area contributed by atoms with Gasteiger partial charge < -0.3 is 5.11 Å². The van der Waals surface area contributed by atoms with Gasteiger partial charge in [0.05, 0.1) is 6.90 Å². The van der Waals surface area contributed by atoms with Gasteiger partial charge in [0.1, 0.15) is 0 Å². The second-order valence-electron chi connectivity index (χ2n) is 1.88. The molecular formula is C6H3IOS2. The Morgan fingerprint density at radius 1 is 1.30 bits per heavy atom. The van der Waals surface area contributed by atoms with Crippen LogP contribution in [0.1, 0.15) is 0 Å². The molecule has 0 spiro atoms. The first-order valence-corrected chi connectivity index (χ1v) is 5.35. The van der Waals surface area contributed by atoms with Crippen molar-refractivity contribution >= 4 is 54.7 Å². The first kappa shape index (κ1) is 6.87. The van der Waals surface area contributed by atoms with E-state index in [1.54, 1.807) is 17.4 Å². The molecule has 0 aliphatic heterocycles. The van der Waals surface area contributed by atoms with E-state index in [9.17, 15) is 0 Å². The number of hydrogen-bond acceptors (Lipinski definition) is 3. The number of fused-ring (bicyclic) bond motifs is 1. The summed E-state index contributed by atoms with van der Waals surface area (Å²) in [6.45, 7) is 0. The lowest BCUT2D eigenvalue weighted by molar-refractivity contribution is 0.491. The fourth-order valence-electron chi connectivity index (χ4n) is 0.796. The predicted molar refractivity (Wildman–Crippen MR) is 54.1 cm³/mol. The predicted octanol–water partition coefficient (Wildman–Crippen LogP) is 3.27. The molecular weight excluding hydrogens is 279 g/mol. The van der Waals surface area contributed by atoms with Crippen LogP contribution in [0.15, 0.2) is 12.1 Å². The molecule has 0 saturated carbocycles. The van der Waals surface area contributed by atoms with Crippen molar-refractivity contribution < 1.29 is 5.11 Å². The van der Waals surface area contributed by atoms with E-state index >= 15 is 0 Å². The highest BCUT2D eigenvalue weighted by Gasteiger charge is 2.02. The molecule has 2 rings (SSSR count). The zero-order valence-corrected chi connectivity index (χ0v) is 8.59. The van der Waals surface area contributed by atoms with Crippen molar-refractivity contribution in [2.75, 3.05) is 0 Å². The van der Waals surface area contributed by atoms with E-state index in [-0.39, 0.29) is 0 Å². The Morgan fingerprint density at radius 2 is 2.10 bits per heavy atom. The Hall–Kier alpha value is 0.190. The molecule has 2 aromatic rings. The van der Waals surface area contributed by atoms with Gasteiger partial charge >= 0.3 is 0 Å². The summed E-state index contributed by atoms with van der Waals surface area (Å²) < 4.78 is 2.49. The highest BCUT2D eigenvalue weighted by atomic mass is 127. The normalized spacial score (nSPS) is 10.9. The Balaban J connectivity index is 2.83. The zero-order valence-electron chi connectivity index (χ0n) is 4.80. The van der Waals surface area contributed by atoms with Gasteiger partial charge in [0, 0.05) is 11.5 Å². The third-order valence-corrected chi connectivity index (χ3v) is 4.13. The molecule has 2 heterocycles. The van der Waals surface area contributed by atoms with E-state index in [2.05, 4.69) is 28.7 Å². The van der Waals surface area contributed by atoms with Gasteiger partial charge in [-0.1, -0.05) is 11.3 Å². The van der Waals surface area contributed by atoms with Gasteiger partial charge in [0.25, 0.3) is 0 Å². The van der Waals surface area contributed by atoms with Gasteiger partial charge in [-0.3, -0.25) is 0 Å². The molecule has 0 fully saturated rings. The van der Waals surface area contributed by atoms with Crippen molar-refractivity contribution in [1.82, 2.24) is 0 Å². The fourth-order valence-corrected chi connectivity index (χ4v) is 4.14. The summed E-state index contributed by atoms with van der Waals surface area (Å²) in [7, 11) is 0. The number of thiophene rings is 2. The number of halogens is 1. The van der Waals surface area contributed by atoms with Crippen molar-refractivity contribution in [3.05, 3.63) is 15.0 Å². The Morgan fingerprint density at radius 3 is 2.80 bits per heavy atom. The minimum atomic E-state index is 0.414. The van der Waals surface area contributed by atoms with Gasteiger partial charge in [-0.15, -0.1) is 11.3 Å². The maximum absolute atomic E-state index is 9.06. The van der Waals surface area contributed by atoms with Crippen LogP contribution in [0.3, 0.4) is 0 Å². The molecule has 0 aromatic carbocycles. The highest BCUT2D eigenvalue weighted by Crippen LogP contribution is 2.37. The van der Waals surface area contributed by atoms with Gasteiger partial charge in [-0.05, 0) is 28.7 Å². The number of hydrogen-bond donors (Lipinski definition) is 1. The lowest BCUT2D eigenvalue weighted by Crippen LogP contribution is -1.47. The van der Waals surface area contributed by atoms with Crippen molar-refractivity contribution in [2.45, 2.75) is 0 Å². The topological polar surface area (TPSA) is 20.2 Å². The molecule has 4 heteroatoms. The third kappa shape index (κ3) is 1.04. The molecule has 2 aromatic heterocycles. The Bertz CT molecular complexity index is 300. The van der Waals surface area contributed by atoms with Crippen LogP contribution in [0.25, 0.3) is 9.40 Å². The van der Waals surface area contributed by atoms with Gasteiger partial charge in [0.15, 0.2) is 5.06 Å². The molecule has 1 nitrogen and oxygen atoms in total. The maximum Gasteiger partial charge on any atom is 0.173 e. The van der Waals surface area contributed by atoms with Crippen molar-refractivity contribution in [1.29, 1.82) is 0 Å². The molecule has 1 N–H and O–H groups in total. The average Bonchev–Trinajstić information content (AvgIpc) is 2.21. The van der Waals surface area contributed by atoms with Crippen LogP contribution in [-0.4, -0.2) is 5.11 Å². The summed E-state index contributed by atoms with van der Waals surface area (Å²) in [6, 6.07) is 3.88. The fraction of sp³-hybridized carbons (Fsp3) is 0. The second-order valence-corrected chi connectivity index (χ2v) is 6.11. The molecule has 0 saturated heterocycles. The maximum atomic E-state index is 9.06. The van der Waals surface area contributed by atoms with Crippen LogP contribution in [0.4, 0.5) is 0 Å². The molecule has 0 aliphatic rings. The number of aromatic hydroxyl groups is 1. The number of rotatable bonds is 0. The summed E-state index contributed by atoms with van der Waals surface area (Å²) in [5.74, 6) is 0. The summed E-state index contributed by atoms with van der Waals surface area (Å²) in [4.78, 5) is 0. The van der Waals surface area contributed by atoms with Gasteiger partial charge in [0.2, 0.25) is 0 Å². The largest absolute Gasteiger partial charge is 0.499 e. The van der Waals surface area contributed by atoms with Crippen LogP contribution in [-0.2, 0) is 0 Å². The molecule has 0 atom stereocenters. The highest BCUT2D eigenvalue weighted by molar-refractivity contribution is 14.1. The Labute approximate surface area is 79.4 Å². The van der Waals surface area contributed by atoms with Crippen molar-refractivity contribution in [2.24, 2.45) is 0 Å². The first-order valence-electron chi connectivity index (χ1n) is 2.63. The summed E-state index contributed by atoms with van der Waals surface area (Å²) in [6.07, 6.45) is 0. The van der Waals surface area contributed by atoms with E-state index < -0.39 is 0 Å². The smallest absolute Gasteiger partial charge is 0.173 e. The minimum Gasteiger partial charge on any atom is -0.499 e. The Kier molecular flexibility index (Phi) is 1.62. The molecule has 0 radical (unpaired) electrons. The van der Waals surface area contributed by atoms with Crippen LogP contribution in [0.2, 0.25) is 0 Å². The SMILES string of the molecule is Oc1cc2cc(I)sc2s1. The summed E-state index contributed by atoms with van der Waals surface area (Å²) in [5, 5.41) is 10.6. The van der Waals surface area contributed by atoms with E-state index in [1.807, 2.05) is 0 Å². The molecule has 0 bridgehead atoms. The van der Waals surface area contributed by atoms with E-state index in [1.165, 1.54) is 18.2 Å². The molecule has 0 aliphatic carbocycles. The summed E-state index contributed by atoms with van der Waals surface area (Å²) >= 11 is 5.45. The second kappa shape index (κ2) is 2.35. The quantitative estimate of drug-likeness (QED) is 0.735. The molecule has 0 amide bonds. The van der Waals surface area contributed by atoms with Crippen LogP contribution < -0.4 is 0 Å². The van der Waals surface area contributed by atoms with Crippen molar-refractivity contribution in [3.8, 4) is 5.06 Å². The van der Waals surface area contributed by atoms with Crippen molar-refractivity contribution in [3.63, 3.8) is 0 Å². The monoisotopic (exact) mass is 282 g/mol. The molecule has 0 unspecified atom stereocenters. The molecule has 52 valence electrons. The lowest BCUT2D eigenvalue weighted by atomic mass is 10.4. The van der Waals surface area contributed by atoms with Crippen LogP contribution >= 0.6 is 45.3 Å². The lowest BCUT2D eigenvalue weighted by Gasteiger charge is -1.73. The third-order valence-electron chi connectivity index (χ3n) is 1.17. The first-order chi connectivity index (χ1) is 4.75. The van der Waals surface area contributed by atoms with Gasteiger partial charge in [-0.2, -0.15) is 0 Å². The van der Waals surface area contributed by atoms with E-state index in [4.69, 9.17) is 5.11 Å². The van der Waals surface area contributed by atoms with E-state index in [0.29, 0.717) is 5.06 Å². The zero-order chi connectivity index (χ0) is 7.14. The van der Waals surface area contributed by atoms with Gasteiger partial charge in [-0.25, -0.2) is 0 Å². The van der Waals surface area contributed by atoms with E-state index in [0.717, 1.165) is 5.39 Å². The van der Waals surface area contributed by atoms with Crippen LogP contribution in [0.5, 0.6) is 5.06 Å².